The highest BCUT2D eigenvalue weighted by atomic mass is 32.2. The Kier molecular flexibility index (Phi) is 3.66. The van der Waals surface area contributed by atoms with Crippen LogP contribution in [0.4, 0.5) is 0 Å². The first kappa shape index (κ1) is 13.8. The molecule has 0 spiro atoms. The Morgan fingerprint density at radius 3 is 2.22 bits per heavy atom. The molecule has 6 nitrogen and oxygen atoms in total. The highest BCUT2D eigenvalue weighted by molar-refractivity contribution is 7.90. The molecule has 3 atom stereocenters. The normalized spacial score (nSPS) is 30.2. The second-order valence-corrected chi connectivity index (χ2v) is 7.67. The second kappa shape index (κ2) is 4.79. The monoisotopic (exact) mass is 275 g/mol. The molecular formula is C11H21N3O3S. The zero-order valence-electron chi connectivity index (χ0n) is 11.1. The summed E-state index contributed by atoms with van der Waals surface area (Å²) in [6.45, 7) is 4.33. The maximum atomic E-state index is 12.4. The molecule has 1 unspecified atom stereocenters. The molecule has 1 amide bonds. The van der Waals surface area contributed by atoms with E-state index in [1.807, 2.05) is 0 Å². The summed E-state index contributed by atoms with van der Waals surface area (Å²) in [5, 5.41) is 2.28. The summed E-state index contributed by atoms with van der Waals surface area (Å²) in [5.74, 6) is 0.452. The standard InChI is InChI=1S/C11H21N3O3S/c1-8(11(15)13(2)3)18(16,17)14-6-9-4-12-5-10(9)7-14/h8-10,12H,4-7H2,1-3H3/t8?,9-,10+. The third kappa shape index (κ3) is 2.26. The molecule has 7 heteroatoms. The molecule has 104 valence electrons. The van der Waals surface area contributed by atoms with Gasteiger partial charge in [-0.15, -0.1) is 0 Å². The molecular weight excluding hydrogens is 254 g/mol. The van der Waals surface area contributed by atoms with Crippen molar-refractivity contribution >= 4 is 15.9 Å². The largest absolute Gasteiger partial charge is 0.348 e. The summed E-state index contributed by atoms with van der Waals surface area (Å²) in [6.07, 6.45) is 0. The van der Waals surface area contributed by atoms with Crippen molar-refractivity contribution in [1.29, 1.82) is 0 Å². The molecule has 0 radical (unpaired) electrons. The molecule has 2 aliphatic rings. The van der Waals surface area contributed by atoms with Gasteiger partial charge >= 0.3 is 0 Å². The van der Waals surface area contributed by atoms with Crippen LogP contribution in [0, 0.1) is 11.8 Å². The SMILES string of the molecule is CC(C(=O)N(C)C)S(=O)(=O)N1C[C@H]2CNC[C@H]2C1. The van der Waals surface area contributed by atoms with Crippen molar-refractivity contribution < 1.29 is 13.2 Å². The summed E-state index contributed by atoms with van der Waals surface area (Å²) in [4.78, 5) is 13.1. The van der Waals surface area contributed by atoms with E-state index in [-0.39, 0.29) is 5.91 Å². The van der Waals surface area contributed by atoms with Gasteiger partial charge in [0.25, 0.3) is 0 Å². The Balaban J connectivity index is 2.10. The van der Waals surface area contributed by atoms with Gasteiger partial charge in [0, 0.05) is 27.2 Å². The van der Waals surface area contributed by atoms with Gasteiger partial charge in [-0.05, 0) is 31.8 Å². The van der Waals surface area contributed by atoms with Crippen LogP contribution < -0.4 is 5.32 Å². The fourth-order valence-corrected chi connectivity index (χ4v) is 4.45. The van der Waals surface area contributed by atoms with Crippen LogP contribution in [-0.2, 0) is 14.8 Å². The number of nitrogens with one attached hydrogen (secondary N) is 1. The van der Waals surface area contributed by atoms with Crippen LogP contribution >= 0.6 is 0 Å². The summed E-state index contributed by atoms with van der Waals surface area (Å²) < 4.78 is 26.2. The number of carbonyl (C=O) groups is 1. The maximum absolute atomic E-state index is 12.4. The average molecular weight is 275 g/mol. The number of sulfonamides is 1. The molecule has 2 heterocycles. The Labute approximate surface area is 108 Å². The predicted octanol–water partition coefficient (Wildman–Crippen LogP) is -1.06. The molecule has 0 bridgehead atoms. The number of fused-ring (bicyclic) bond motifs is 1. The third-order valence-electron chi connectivity index (χ3n) is 3.95. The van der Waals surface area contributed by atoms with Gasteiger partial charge in [-0.2, -0.15) is 0 Å². The zero-order chi connectivity index (χ0) is 13.5. The van der Waals surface area contributed by atoms with E-state index in [0.29, 0.717) is 24.9 Å². The number of carbonyl (C=O) groups excluding carboxylic acids is 1. The maximum Gasteiger partial charge on any atom is 0.241 e. The summed E-state index contributed by atoms with van der Waals surface area (Å²) in [7, 11) is -0.350. The van der Waals surface area contributed by atoms with Crippen LogP contribution in [0.3, 0.4) is 0 Å². The molecule has 2 aliphatic heterocycles. The highest BCUT2D eigenvalue weighted by Crippen LogP contribution is 2.29. The first-order valence-electron chi connectivity index (χ1n) is 6.25. The summed E-state index contributed by atoms with van der Waals surface area (Å²) in [6, 6.07) is 0. The molecule has 18 heavy (non-hydrogen) atoms. The van der Waals surface area contributed by atoms with Crippen LogP contribution in [0.15, 0.2) is 0 Å². The van der Waals surface area contributed by atoms with Crippen molar-refractivity contribution in [1.82, 2.24) is 14.5 Å². The summed E-state index contributed by atoms with van der Waals surface area (Å²) >= 11 is 0. The molecule has 2 fully saturated rings. The first-order chi connectivity index (χ1) is 8.34. The van der Waals surface area contributed by atoms with Crippen molar-refractivity contribution in [2.24, 2.45) is 11.8 Å². The quantitative estimate of drug-likeness (QED) is 0.713. The van der Waals surface area contributed by atoms with Crippen molar-refractivity contribution in [2.75, 3.05) is 40.3 Å². The molecule has 1 N–H and O–H groups in total. The van der Waals surface area contributed by atoms with Gasteiger partial charge < -0.3 is 10.2 Å². The number of nitrogens with zero attached hydrogens (tertiary/aromatic N) is 2. The Bertz CT molecular complexity index is 423. The second-order valence-electron chi connectivity index (χ2n) is 5.42. The van der Waals surface area contributed by atoms with E-state index >= 15 is 0 Å². The van der Waals surface area contributed by atoms with Gasteiger partial charge in [-0.1, -0.05) is 0 Å². The van der Waals surface area contributed by atoms with Gasteiger partial charge in [-0.25, -0.2) is 12.7 Å². The lowest BCUT2D eigenvalue weighted by atomic mass is 10.0. The van der Waals surface area contributed by atoms with Crippen LogP contribution in [0.1, 0.15) is 6.92 Å². The number of hydrogen-bond donors (Lipinski definition) is 1. The van der Waals surface area contributed by atoms with Gasteiger partial charge in [-0.3, -0.25) is 4.79 Å². The molecule has 0 aliphatic carbocycles. The van der Waals surface area contributed by atoms with Crippen LogP contribution in [-0.4, -0.2) is 69.1 Å². The molecule has 2 saturated heterocycles. The van der Waals surface area contributed by atoms with E-state index in [4.69, 9.17) is 0 Å². The van der Waals surface area contributed by atoms with E-state index in [9.17, 15) is 13.2 Å². The lowest BCUT2D eigenvalue weighted by Gasteiger charge is -2.23. The fourth-order valence-electron chi connectivity index (χ4n) is 2.73. The van der Waals surface area contributed by atoms with E-state index in [2.05, 4.69) is 5.32 Å². The minimum absolute atomic E-state index is 0.356. The molecule has 2 rings (SSSR count). The van der Waals surface area contributed by atoms with E-state index in [1.54, 1.807) is 14.1 Å². The fraction of sp³-hybridized carbons (Fsp3) is 0.909. The van der Waals surface area contributed by atoms with Gasteiger partial charge in [0.2, 0.25) is 15.9 Å². The third-order valence-corrected chi connectivity index (χ3v) is 6.06. The van der Waals surface area contributed by atoms with Gasteiger partial charge in [0.05, 0.1) is 0 Å². The smallest absolute Gasteiger partial charge is 0.241 e. The molecule has 0 aromatic heterocycles. The van der Waals surface area contributed by atoms with Crippen LogP contribution in [0.5, 0.6) is 0 Å². The predicted molar refractivity (Wildman–Crippen MR) is 68.5 cm³/mol. The zero-order valence-corrected chi connectivity index (χ0v) is 11.9. The topological polar surface area (TPSA) is 69.7 Å². The molecule has 0 aromatic rings. The van der Waals surface area contributed by atoms with E-state index < -0.39 is 15.3 Å². The first-order valence-corrected chi connectivity index (χ1v) is 7.75. The van der Waals surface area contributed by atoms with Crippen molar-refractivity contribution in [3.8, 4) is 0 Å². The lowest BCUT2D eigenvalue weighted by molar-refractivity contribution is -0.128. The highest BCUT2D eigenvalue weighted by Gasteiger charge is 2.44. The van der Waals surface area contributed by atoms with Crippen molar-refractivity contribution in [2.45, 2.75) is 12.2 Å². The van der Waals surface area contributed by atoms with E-state index in [0.717, 1.165) is 13.1 Å². The molecule has 0 saturated carbocycles. The Hall–Kier alpha value is -0.660. The average Bonchev–Trinajstić information content (AvgIpc) is 2.86. The van der Waals surface area contributed by atoms with Crippen LogP contribution in [0.2, 0.25) is 0 Å². The Morgan fingerprint density at radius 2 is 1.78 bits per heavy atom. The lowest BCUT2D eigenvalue weighted by Crippen LogP contribution is -2.45. The molecule has 0 aromatic carbocycles. The number of amides is 1. The minimum atomic E-state index is -3.51. The number of rotatable bonds is 3. The summed E-state index contributed by atoms with van der Waals surface area (Å²) in [5.41, 5.74) is 0. The van der Waals surface area contributed by atoms with Crippen molar-refractivity contribution in [3.05, 3.63) is 0 Å². The van der Waals surface area contributed by atoms with Gasteiger partial charge in [0.1, 0.15) is 0 Å². The van der Waals surface area contributed by atoms with Crippen molar-refractivity contribution in [3.63, 3.8) is 0 Å². The minimum Gasteiger partial charge on any atom is -0.348 e. The van der Waals surface area contributed by atoms with E-state index in [1.165, 1.54) is 16.1 Å². The Morgan fingerprint density at radius 1 is 1.28 bits per heavy atom. The van der Waals surface area contributed by atoms with Crippen LogP contribution in [0.25, 0.3) is 0 Å². The van der Waals surface area contributed by atoms with Gasteiger partial charge in [0.15, 0.2) is 5.25 Å². The number of hydrogen-bond acceptors (Lipinski definition) is 4.